The van der Waals surface area contributed by atoms with Crippen molar-refractivity contribution >= 4 is 5.69 Å². The fraction of sp³-hybridized carbons (Fsp3) is 0.143. The number of ether oxygens (including phenoxy) is 1. The Bertz CT molecular complexity index is 526. The SMILES string of the molecule is COc1ccc(NCc2ccc(O)cc2)cc1F. The van der Waals surface area contributed by atoms with Crippen LogP contribution in [0.15, 0.2) is 42.5 Å². The zero-order valence-corrected chi connectivity index (χ0v) is 9.98. The van der Waals surface area contributed by atoms with Gasteiger partial charge in [0.25, 0.3) is 0 Å². The molecule has 94 valence electrons. The normalized spacial score (nSPS) is 10.1. The molecule has 0 unspecified atom stereocenters. The Balaban J connectivity index is 2.02. The van der Waals surface area contributed by atoms with Crippen LogP contribution in [-0.4, -0.2) is 12.2 Å². The minimum Gasteiger partial charge on any atom is -0.508 e. The molecule has 2 aromatic carbocycles. The van der Waals surface area contributed by atoms with Gasteiger partial charge in [0.15, 0.2) is 11.6 Å². The van der Waals surface area contributed by atoms with Gasteiger partial charge in [0.2, 0.25) is 0 Å². The van der Waals surface area contributed by atoms with Gasteiger partial charge in [-0.3, -0.25) is 0 Å². The first kappa shape index (κ1) is 12.2. The van der Waals surface area contributed by atoms with E-state index in [-0.39, 0.29) is 11.5 Å². The molecule has 0 saturated heterocycles. The quantitative estimate of drug-likeness (QED) is 0.872. The lowest BCUT2D eigenvalue weighted by Gasteiger charge is -2.08. The summed E-state index contributed by atoms with van der Waals surface area (Å²) in [6, 6.07) is 11.6. The number of hydrogen-bond donors (Lipinski definition) is 2. The number of phenols is 1. The van der Waals surface area contributed by atoms with Crippen molar-refractivity contribution in [3.63, 3.8) is 0 Å². The molecule has 0 aliphatic heterocycles. The van der Waals surface area contributed by atoms with Crippen LogP contribution in [0.3, 0.4) is 0 Å². The highest BCUT2D eigenvalue weighted by Crippen LogP contribution is 2.21. The van der Waals surface area contributed by atoms with Crippen LogP contribution in [0.5, 0.6) is 11.5 Å². The third-order valence-corrected chi connectivity index (χ3v) is 2.58. The zero-order chi connectivity index (χ0) is 13.0. The van der Waals surface area contributed by atoms with E-state index in [0.29, 0.717) is 12.2 Å². The summed E-state index contributed by atoms with van der Waals surface area (Å²) in [5.74, 6) is 0.0626. The Hall–Kier alpha value is -2.23. The first-order valence-corrected chi connectivity index (χ1v) is 5.54. The molecule has 2 N–H and O–H groups in total. The Morgan fingerprint density at radius 1 is 1.17 bits per heavy atom. The second-order valence-corrected chi connectivity index (χ2v) is 3.87. The van der Waals surface area contributed by atoms with Gasteiger partial charge in [0.1, 0.15) is 5.75 Å². The van der Waals surface area contributed by atoms with E-state index in [1.165, 1.54) is 13.2 Å². The maximum absolute atomic E-state index is 13.4. The molecule has 0 radical (unpaired) electrons. The number of phenolic OH excluding ortho intramolecular Hbond substituents is 1. The van der Waals surface area contributed by atoms with Crippen molar-refractivity contribution in [1.29, 1.82) is 0 Å². The lowest BCUT2D eigenvalue weighted by Crippen LogP contribution is -2.00. The van der Waals surface area contributed by atoms with Crippen molar-refractivity contribution in [2.45, 2.75) is 6.54 Å². The third kappa shape index (κ3) is 2.91. The number of anilines is 1. The predicted molar refractivity (Wildman–Crippen MR) is 68.4 cm³/mol. The molecule has 0 spiro atoms. The largest absolute Gasteiger partial charge is 0.508 e. The minimum atomic E-state index is -0.395. The fourth-order valence-electron chi connectivity index (χ4n) is 1.59. The molecule has 0 saturated carbocycles. The molecule has 0 aliphatic carbocycles. The highest BCUT2D eigenvalue weighted by molar-refractivity contribution is 5.47. The van der Waals surface area contributed by atoms with Crippen LogP contribution in [0.25, 0.3) is 0 Å². The molecule has 3 nitrogen and oxygen atoms in total. The Labute approximate surface area is 105 Å². The standard InChI is InChI=1S/C14H14FNO2/c1-18-14-7-4-11(8-13(14)15)16-9-10-2-5-12(17)6-3-10/h2-8,16-17H,9H2,1H3. The number of hydrogen-bond acceptors (Lipinski definition) is 3. The third-order valence-electron chi connectivity index (χ3n) is 2.58. The van der Waals surface area contributed by atoms with E-state index < -0.39 is 5.82 Å². The molecule has 0 bridgehead atoms. The van der Waals surface area contributed by atoms with Crippen molar-refractivity contribution in [3.05, 3.63) is 53.8 Å². The van der Waals surface area contributed by atoms with Crippen molar-refractivity contribution in [2.75, 3.05) is 12.4 Å². The van der Waals surface area contributed by atoms with Crippen LogP contribution in [0.4, 0.5) is 10.1 Å². The summed E-state index contributed by atoms with van der Waals surface area (Å²) < 4.78 is 18.3. The molecule has 0 aliphatic rings. The Morgan fingerprint density at radius 3 is 2.50 bits per heavy atom. The molecule has 0 atom stereocenters. The van der Waals surface area contributed by atoms with Gasteiger partial charge in [-0.1, -0.05) is 12.1 Å². The summed E-state index contributed by atoms with van der Waals surface area (Å²) in [7, 11) is 1.43. The number of aromatic hydroxyl groups is 1. The van der Waals surface area contributed by atoms with Crippen LogP contribution in [0.1, 0.15) is 5.56 Å². The van der Waals surface area contributed by atoms with Crippen molar-refractivity contribution in [2.24, 2.45) is 0 Å². The maximum atomic E-state index is 13.4. The average Bonchev–Trinajstić information content (AvgIpc) is 2.38. The van der Waals surface area contributed by atoms with E-state index >= 15 is 0 Å². The molecular weight excluding hydrogens is 233 g/mol. The molecule has 0 amide bonds. The van der Waals surface area contributed by atoms with Crippen molar-refractivity contribution in [3.8, 4) is 11.5 Å². The van der Waals surface area contributed by atoms with Crippen LogP contribution in [0.2, 0.25) is 0 Å². The number of benzene rings is 2. The summed E-state index contributed by atoms with van der Waals surface area (Å²) in [5.41, 5.74) is 1.69. The van der Waals surface area contributed by atoms with Crippen molar-refractivity contribution < 1.29 is 14.2 Å². The Kier molecular flexibility index (Phi) is 3.67. The summed E-state index contributed by atoms with van der Waals surface area (Å²) >= 11 is 0. The number of methoxy groups -OCH3 is 1. The Morgan fingerprint density at radius 2 is 1.89 bits per heavy atom. The van der Waals surface area contributed by atoms with Gasteiger partial charge in [-0.15, -0.1) is 0 Å². The summed E-state index contributed by atoms with van der Waals surface area (Å²) in [6.07, 6.45) is 0. The van der Waals surface area contributed by atoms with E-state index in [9.17, 15) is 4.39 Å². The van der Waals surface area contributed by atoms with Gasteiger partial charge < -0.3 is 15.2 Å². The highest BCUT2D eigenvalue weighted by Gasteiger charge is 2.03. The lowest BCUT2D eigenvalue weighted by molar-refractivity contribution is 0.386. The van der Waals surface area contributed by atoms with Gasteiger partial charge in [-0.05, 0) is 29.8 Å². The lowest BCUT2D eigenvalue weighted by atomic mass is 10.2. The molecule has 18 heavy (non-hydrogen) atoms. The van der Waals surface area contributed by atoms with E-state index in [2.05, 4.69) is 5.32 Å². The topological polar surface area (TPSA) is 41.5 Å². The second kappa shape index (κ2) is 5.40. The monoisotopic (exact) mass is 247 g/mol. The first-order valence-electron chi connectivity index (χ1n) is 5.54. The van der Waals surface area contributed by atoms with E-state index in [1.807, 2.05) is 12.1 Å². The van der Waals surface area contributed by atoms with Gasteiger partial charge >= 0.3 is 0 Å². The number of halogens is 1. The molecule has 0 aromatic heterocycles. The minimum absolute atomic E-state index is 0.227. The summed E-state index contributed by atoms with van der Waals surface area (Å²) in [6.45, 7) is 0.562. The number of rotatable bonds is 4. The van der Waals surface area contributed by atoms with Crippen LogP contribution in [0, 0.1) is 5.82 Å². The zero-order valence-electron chi connectivity index (χ0n) is 9.98. The van der Waals surface area contributed by atoms with Crippen LogP contribution >= 0.6 is 0 Å². The molecule has 4 heteroatoms. The molecule has 2 rings (SSSR count). The van der Waals surface area contributed by atoms with Crippen LogP contribution in [-0.2, 0) is 6.54 Å². The fourth-order valence-corrected chi connectivity index (χ4v) is 1.59. The second-order valence-electron chi connectivity index (χ2n) is 3.87. The average molecular weight is 247 g/mol. The van der Waals surface area contributed by atoms with Crippen molar-refractivity contribution in [1.82, 2.24) is 0 Å². The molecular formula is C14H14FNO2. The van der Waals surface area contributed by atoms with Crippen LogP contribution < -0.4 is 10.1 Å². The predicted octanol–water partition coefficient (Wildman–Crippen LogP) is 3.15. The molecule has 0 fully saturated rings. The molecule has 2 aromatic rings. The smallest absolute Gasteiger partial charge is 0.167 e. The van der Waals surface area contributed by atoms with E-state index in [4.69, 9.17) is 9.84 Å². The van der Waals surface area contributed by atoms with Gasteiger partial charge in [-0.25, -0.2) is 4.39 Å². The molecule has 0 heterocycles. The van der Waals surface area contributed by atoms with E-state index in [1.54, 1.807) is 24.3 Å². The van der Waals surface area contributed by atoms with Gasteiger partial charge in [0, 0.05) is 18.3 Å². The van der Waals surface area contributed by atoms with E-state index in [0.717, 1.165) is 5.56 Å². The first-order chi connectivity index (χ1) is 8.69. The summed E-state index contributed by atoms with van der Waals surface area (Å²) in [4.78, 5) is 0. The number of nitrogens with one attached hydrogen (secondary N) is 1. The van der Waals surface area contributed by atoms with Gasteiger partial charge in [0.05, 0.1) is 7.11 Å². The van der Waals surface area contributed by atoms with Gasteiger partial charge in [-0.2, -0.15) is 0 Å². The highest BCUT2D eigenvalue weighted by atomic mass is 19.1. The maximum Gasteiger partial charge on any atom is 0.167 e. The summed E-state index contributed by atoms with van der Waals surface area (Å²) in [5, 5.41) is 12.2.